The first kappa shape index (κ1) is 21.5. The van der Waals surface area contributed by atoms with Gasteiger partial charge in [-0.3, -0.25) is 4.79 Å². The molecule has 0 saturated carbocycles. The fourth-order valence-corrected chi connectivity index (χ4v) is 3.66. The lowest BCUT2D eigenvalue weighted by molar-refractivity contribution is -0.124. The molecule has 0 saturated heterocycles. The summed E-state index contributed by atoms with van der Waals surface area (Å²) in [5.41, 5.74) is 2.97. The van der Waals surface area contributed by atoms with Crippen LogP contribution in [0.5, 0.6) is 0 Å². The molecule has 1 heterocycles. The third-order valence-corrected chi connectivity index (χ3v) is 5.31. The Morgan fingerprint density at radius 3 is 2.47 bits per heavy atom. The van der Waals surface area contributed by atoms with E-state index in [-0.39, 0.29) is 18.3 Å². The zero-order chi connectivity index (χ0) is 22.2. The molecule has 7 nitrogen and oxygen atoms in total. The highest BCUT2D eigenvalue weighted by molar-refractivity contribution is 5.88. The lowest BCUT2D eigenvalue weighted by atomic mass is 9.97. The Labute approximate surface area is 187 Å². The third kappa shape index (κ3) is 5.49. The highest BCUT2D eigenvalue weighted by Crippen LogP contribution is 2.21. The smallest absolute Gasteiger partial charge is 0.378 e. The van der Waals surface area contributed by atoms with Crippen LogP contribution < -0.4 is 5.32 Å². The summed E-state index contributed by atoms with van der Waals surface area (Å²) in [6.45, 7) is 0.180. The molecule has 1 aromatic heterocycles. The van der Waals surface area contributed by atoms with E-state index in [4.69, 9.17) is 4.74 Å². The van der Waals surface area contributed by atoms with E-state index in [0.717, 1.165) is 30.5 Å². The number of para-hydroxylation sites is 1. The summed E-state index contributed by atoms with van der Waals surface area (Å²) < 4.78 is 6.77. The van der Waals surface area contributed by atoms with E-state index in [2.05, 4.69) is 21.5 Å². The van der Waals surface area contributed by atoms with Crippen LogP contribution >= 0.6 is 0 Å². The van der Waals surface area contributed by atoms with E-state index in [1.807, 2.05) is 60.7 Å². The molecule has 0 unspecified atom stereocenters. The van der Waals surface area contributed by atoms with Gasteiger partial charge < -0.3 is 10.1 Å². The molecular weight excluding hydrogens is 404 g/mol. The second-order valence-corrected chi connectivity index (χ2v) is 7.66. The number of aromatic nitrogens is 3. The van der Waals surface area contributed by atoms with Crippen molar-refractivity contribution in [1.29, 1.82) is 0 Å². The van der Waals surface area contributed by atoms with E-state index < -0.39 is 5.97 Å². The van der Waals surface area contributed by atoms with Crippen molar-refractivity contribution in [3.05, 3.63) is 78.1 Å². The molecular formula is C25H26N4O3. The molecule has 0 fully saturated rings. The number of benzene rings is 2. The van der Waals surface area contributed by atoms with Crippen molar-refractivity contribution in [2.24, 2.45) is 0 Å². The minimum Gasteiger partial charge on any atom is -0.450 e. The minimum absolute atomic E-state index is 0.0899. The molecule has 3 aromatic rings. The maximum absolute atomic E-state index is 12.5. The van der Waals surface area contributed by atoms with Crippen molar-refractivity contribution >= 4 is 11.9 Å². The SMILES string of the molecule is O=C(COC(=O)c1nc(-c2ccccc2)n(-c2ccccc2)n1)NCCC1=CCCCC1. The Kier molecular flexibility index (Phi) is 7.07. The Balaban J connectivity index is 1.39. The second-order valence-electron chi connectivity index (χ2n) is 7.66. The van der Waals surface area contributed by atoms with Gasteiger partial charge in [0.1, 0.15) is 0 Å². The molecule has 0 atom stereocenters. The molecule has 1 N–H and O–H groups in total. The Morgan fingerprint density at radius 1 is 1.00 bits per heavy atom. The molecule has 1 aliphatic carbocycles. The summed E-state index contributed by atoms with van der Waals surface area (Å²) in [6.07, 6.45) is 7.77. The summed E-state index contributed by atoms with van der Waals surface area (Å²) in [4.78, 5) is 29.0. The zero-order valence-electron chi connectivity index (χ0n) is 17.9. The van der Waals surface area contributed by atoms with Crippen LogP contribution in [0.3, 0.4) is 0 Å². The number of carbonyl (C=O) groups excluding carboxylic acids is 2. The number of ether oxygens (including phenoxy) is 1. The number of carbonyl (C=O) groups is 2. The lowest BCUT2D eigenvalue weighted by Crippen LogP contribution is -2.30. The van der Waals surface area contributed by atoms with Crippen molar-refractivity contribution in [3.8, 4) is 17.1 Å². The van der Waals surface area contributed by atoms with Crippen LogP contribution in [0.1, 0.15) is 42.7 Å². The van der Waals surface area contributed by atoms with Gasteiger partial charge >= 0.3 is 5.97 Å². The number of amides is 1. The molecule has 0 spiro atoms. The van der Waals surface area contributed by atoms with Crippen LogP contribution in [0.15, 0.2) is 72.3 Å². The molecule has 1 aliphatic rings. The number of esters is 1. The van der Waals surface area contributed by atoms with Gasteiger partial charge in [-0.1, -0.05) is 60.2 Å². The first-order valence-electron chi connectivity index (χ1n) is 10.9. The molecule has 2 aromatic carbocycles. The molecule has 32 heavy (non-hydrogen) atoms. The van der Waals surface area contributed by atoms with Gasteiger partial charge in [0.2, 0.25) is 0 Å². The van der Waals surface area contributed by atoms with E-state index in [9.17, 15) is 9.59 Å². The van der Waals surface area contributed by atoms with E-state index in [0.29, 0.717) is 12.4 Å². The number of nitrogens with one attached hydrogen (secondary N) is 1. The van der Waals surface area contributed by atoms with Crippen LogP contribution in [0, 0.1) is 0 Å². The van der Waals surface area contributed by atoms with Gasteiger partial charge in [0, 0.05) is 12.1 Å². The summed E-state index contributed by atoms with van der Waals surface area (Å²) in [6, 6.07) is 18.9. The van der Waals surface area contributed by atoms with Crippen LogP contribution in [-0.2, 0) is 9.53 Å². The standard InChI is InChI=1S/C25H26N4O3/c30-22(26-17-16-19-10-4-1-5-11-19)18-32-25(31)23-27-24(20-12-6-2-7-13-20)29(28-23)21-14-8-3-9-15-21/h2-3,6-10,12-15H,1,4-5,11,16-18H2,(H,26,30). The van der Waals surface area contributed by atoms with Crippen LogP contribution in [0.4, 0.5) is 0 Å². The van der Waals surface area contributed by atoms with Gasteiger partial charge in [0.25, 0.3) is 11.7 Å². The Hall–Kier alpha value is -3.74. The zero-order valence-corrected chi connectivity index (χ0v) is 17.9. The van der Waals surface area contributed by atoms with Gasteiger partial charge in [-0.25, -0.2) is 14.5 Å². The number of rotatable bonds is 8. The Bertz CT molecular complexity index is 1030. The maximum Gasteiger partial charge on any atom is 0.378 e. The average Bonchev–Trinajstić information content (AvgIpc) is 3.30. The van der Waals surface area contributed by atoms with Crippen molar-refractivity contribution in [3.63, 3.8) is 0 Å². The summed E-state index contributed by atoms with van der Waals surface area (Å²) in [5.74, 6) is -0.635. The van der Waals surface area contributed by atoms with Gasteiger partial charge in [-0.2, -0.15) is 0 Å². The van der Waals surface area contributed by atoms with Crippen molar-refractivity contribution in [2.75, 3.05) is 13.2 Å². The Morgan fingerprint density at radius 2 is 1.75 bits per heavy atom. The highest BCUT2D eigenvalue weighted by Gasteiger charge is 2.20. The molecule has 1 amide bonds. The molecule has 0 aliphatic heterocycles. The van der Waals surface area contributed by atoms with Crippen LogP contribution in [-0.4, -0.2) is 39.8 Å². The normalized spacial score (nSPS) is 13.3. The minimum atomic E-state index is -0.734. The maximum atomic E-state index is 12.5. The van der Waals surface area contributed by atoms with Gasteiger partial charge in [-0.05, 0) is 44.2 Å². The average molecular weight is 431 g/mol. The molecule has 164 valence electrons. The van der Waals surface area contributed by atoms with E-state index in [1.54, 1.807) is 4.68 Å². The predicted molar refractivity (Wildman–Crippen MR) is 121 cm³/mol. The van der Waals surface area contributed by atoms with E-state index in [1.165, 1.54) is 18.4 Å². The monoisotopic (exact) mass is 430 g/mol. The summed E-state index contributed by atoms with van der Waals surface area (Å²) >= 11 is 0. The van der Waals surface area contributed by atoms with Crippen molar-refractivity contribution in [2.45, 2.75) is 32.1 Å². The molecule has 7 heteroatoms. The van der Waals surface area contributed by atoms with Crippen molar-refractivity contribution < 1.29 is 14.3 Å². The molecule has 4 rings (SSSR count). The van der Waals surface area contributed by atoms with Crippen LogP contribution in [0.2, 0.25) is 0 Å². The number of nitrogens with zero attached hydrogens (tertiary/aromatic N) is 3. The quantitative estimate of drug-likeness (QED) is 0.430. The summed E-state index contributed by atoms with van der Waals surface area (Å²) in [7, 11) is 0. The molecule has 0 bridgehead atoms. The van der Waals surface area contributed by atoms with Gasteiger partial charge in [0.15, 0.2) is 12.4 Å². The number of hydrogen-bond acceptors (Lipinski definition) is 5. The summed E-state index contributed by atoms with van der Waals surface area (Å²) in [5, 5.41) is 7.15. The van der Waals surface area contributed by atoms with Crippen molar-refractivity contribution in [1.82, 2.24) is 20.1 Å². The molecule has 0 radical (unpaired) electrons. The number of hydrogen-bond donors (Lipinski definition) is 1. The van der Waals surface area contributed by atoms with Gasteiger partial charge in [-0.15, -0.1) is 5.10 Å². The van der Waals surface area contributed by atoms with E-state index >= 15 is 0 Å². The van der Waals surface area contributed by atoms with Crippen LogP contribution in [0.25, 0.3) is 17.1 Å². The largest absolute Gasteiger partial charge is 0.450 e. The third-order valence-electron chi connectivity index (χ3n) is 5.31. The second kappa shape index (κ2) is 10.5. The highest BCUT2D eigenvalue weighted by atomic mass is 16.5. The first-order chi connectivity index (χ1) is 15.7. The first-order valence-corrected chi connectivity index (χ1v) is 10.9. The number of allylic oxidation sites excluding steroid dienone is 1. The fraction of sp³-hybridized carbons (Fsp3) is 0.280. The fourth-order valence-electron chi connectivity index (χ4n) is 3.66. The predicted octanol–water partition coefficient (Wildman–Crippen LogP) is 4.10. The van der Waals surface area contributed by atoms with Gasteiger partial charge in [0.05, 0.1) is 5.69 Å². The lowest BCUT2D eigenvalue weighted by Gasteiger charge is -2.12. The topological polar surface area (TPSA) is 86.1 Å².